The van der Waals surface area contributed by atoms with E-state index >= 15 is 0 Å². The Balaban J connectivity index is 1.92. The summed E-state index contributed by atoms with van der Waals surface area (Å²) >= 11 is 0. The summed E-state index contributed by atoms with van der Waals surface area (Å²) in [6, 6.07) is 18.8. The maximum Gasteiger partial charge on any atom is 0.252 e. The zero-order valence-corrected chi connectivity index (χ0v) is 11.9. The van der Waals surface area contributed by atoms with E-state index in [9.17, 15) is 10.1 Å². The fourth-order valence-electron chi connectivity index (χ4n) is 2.45. The van der Waals surface area contributed by atoms with E-state index in [1.165, 1.54) is 11.0 Å². The molecule has 0 saturated heterocycles. The molecule has 1 amide bonds. The van der Waals surface area contributed by atoms with Crippen LogP contribution < -0.4 is 4.90 Å². The molecule has 3 nitrogen and oxygen atoms in total. The van der Waals surface area contributed by atoms with Gasteiger partial charge in [-0.05, 0) is 29.3 Å². The first kappa shape index (κ1) is 13.8. The van der Waals surface area contributed by atoms with Gasteiger partial charge in [-0.1, -0.05) is 54.6 Å². The number of amides is 1. The second-order valence-electron chi connectivity index (χ2n) is 4.94. The number of hydrogen-bond donors (Lipinski definition) is 0. The molecule has 1 atom stereocenters. The van der Waals surface area contributed by atoms with Crippen LogP contribution in [0.4, 0.5) is 5.69 Å². The molecule has 0 bridgehead atoms. The predicted octanol–water partition coefficient (Wildman–Crippen LogP) is 3.65. The quantitative estimate of drug-likeness (QED) is 0.791. The summed E-state index contributed by atoms with van der Waals surface area (Å²) in [5.74, 6) is -0.202. The average molecular weight is 286 g/mol. The maximum atomic E-state index is 12.6. The van der Waals surface area contributed by atoms with Crippen molar-refractivity contribution in [1.29, 1.82) is 5.26 Å². The SMILES string of the molecule is N#CC1C=Cc2ccccc2N1C(=O)C=Cc1ccccc1. The number of para-hydroxylation sites is 1. The lowest BCUT2D eigenvalue weighted by Gasteiger charge is -2.29. The molecule has 106 valence electrons. The van der Waals surface area contributed by atoms with E-state index < -0.39 is 6.04 Å². The van der Waals surface area contributed by atoms with Crippen LogP contribution in [-0.4, -0.2) is 11.9 Å². The van der Waals surface area contributed by atoms with Gasteiger partial charge in [0.05, 0.1) is 11.8 Å². The van der Waals surface area contributed by atoms with Crippen LogP contribution in [0.5, 0.6) is 0 Å². The third-order valence-corrected chi connectivity index (χ3v) is 3.52. The summed E-state index contributed by atoms with van der Waals surface area (Å²) in [5.41, 5.74) is 2.65. The second kappa shape index (κ2) is 6.11. The normalized spacial score (nSPS) is 16.3. The lowest BCUT2D eigenvalue weighted by Crippen LogP contribution is -2.39. The highest BCUT2D eigenvalue weighted by molar-refractivity contribution is 6.06. The highest BCUT2D eigenvalue weighted by Crippen LogP contribution is 2.29. The van der Waals surface area contributed by atoms with Gasteiger partial charge in [0, 0.05) is 6.08 Å². The van der Waals surface area contributed by atoms with Gasteiger partial charge in [-0.15, -0.1) is 0 Å². The number of anilines is 1. The van der Waals surface area contributed by atoms with E-state index in [1.807, 2.05) is 60.7 Å². The Morgan fingerprint density at radius 1 is 1.09 bits per heavy atom. The van der Waals surface area contributed by atoms with Crippen molar-refractivity contribution in [2.75, 3.05) is 4.90 Å². The maximum absolute atomic E-state index is 12.6. The standard InChI is InChI=1S/C19H14N2O/c20-14-17-12-11-16-8-4-5-9-18(16)21(17)19(22)13-10-15-6-2-1-3-7-15/h1-13,17H. The molecule has 0 fully saturated rings. The van der Waals surface area contributed by atoms with Gasteiger partial charge in [-0.25, -0.2) is 0 Å². The van der Waals surface area contributed by atoms with E-state index in [2.05, 4.69) is 6.07 Å². The van der Waals surface area contributed by atoms with E-state index in [4.69, 9.17) is 0 Å². The molecule has 1 heterocycles. The largest absolute Gasteiger partial charge is 0.288 e. The molecule has 0 aromatic heterocycles. The van der Waals surface area contributed by atoms with Gasteiger partial charge in [0.2, 0.25) is 0 Å². The monoisotopic (exact) mass is 286 g/mol. The lowest BCUT2D eigenvalue weighted by atomic mass is 10.0. The summed E-state index contributed by atoms with van der Waals surface area (Å²) in [6.45, 7) is 0. The number of hydrogen-bond acceptors (Lipinski definition) is 2. The third kappa shape index (κ3) is 2.68. The zero-order valence-electron chi connectivity index (χ0n) is 11.9. The van der Waals surface area contributed by atoms with Crippen molar-refractivity contribution in [2.24, 2.45) is 0 Å². The minimum atomic E-state index is -0.581. The zero-order chi connectivity index (χ0) is 15.4. The van der Waals surface area contributed by atoms with Crippen molar-refractivity contribution in [2.45, 2.75) is 6.04 Å². The van der Waals surface area contributed by atoms with Crippen molar-refractivity contribution < 1.29 is 4.79 Å². The van der Waals surface area contributed by atoms with Crippen LogP contribution in [0.2, 0.25) is 0 Å². The Kier molecular flexibility index (Phi) is 3.84. The van der Waals surface area contributed by atoms with E-state index in [0.29, 0.717) is 0 Å². The first-order valence-corrected chi connectivity index (χ1v) is 7.03. The van der Waals surface area contributed by atoms with Crippen molar-refractivity contribution in [3.8, 4) is 6.07 Å². The van der Waals surface area contributed by atoms with Crippen LogP contribution in [0.15, 0.2) is 66.7 Å². The molecule has 1 aliphatic heterocycles. The van der Waals surface area contributed by atoms with Gasteiger partial charge in [0.15, 0.2) is 0 Å². The van der Waals surface area contributed by atoms with Crippen molar-refractivity contribution in [3.63, 3.8) is 0 Å². The molecule has 22 heavy (non-hydrogen) atoms. The number of nitriles is 1. The lowest BCUT2D eigenvalue weighted by molar-refractivity contribution is -0.114. The Bertz CT molecular complexity index is 785. The Morgan fingerprint density at radius 3 is 2.59 bits per heavy atom. The van der Waals surface area contributed by atoms with Gasteiger partial charge in [0.1, 0.15) is 6.04 Å². The van der Waals surface area contributed by atoms with E-state index in [0.717, 1.165) is 16.8 Å². The van der Waals surface area contributed by atoms with Crippen LogP contribution in [0.3, 0.4) is 0 Å². The third-order valence-electron chi connectivity index (χ3n) is 3.52. The number of fused-ring (bicyclic) bond motifs is 1. The number of carbonyl (C=O) groups is 1. The molecule has 1 aliphatic rings. The fraction of sp³-hybridized carbons (Fsp3) is 0.0526. The molecule has 1 unspecified atom stereocenters. The topological polar surface area (TPSA) is 44.1 Å². The average Bonchev–Trinajstić information content (AvgIpc) is 2.59. The van der Waals surface area contributed by atoms with Gasteiger partial charge in [-0.2, -0.15) is 5.26 Å². The van der Waals surface area contributed by atoms with E-state index in [1.54, 1.807) is 12.2 Å². The number of benzene rings is 2. The summed E-state index contributed by atoms with van der Waals surface area (Å²) in [4.78, 5) is 14.1. The minimum Gasteiger partial charge on any atom is -0.288 e. The van der Waals surface area contributed by atoms with E-state index in [-0.39, 0.29) is 5.91 Å². The summed E-state index contributed by atoms with van der Waals surface area (Å²) in [7, 11) is 0. The Hall–Kier alpha value is -3.12. The second-order valence-corrected chi connectivity index (χ2v) is 4.94. The molecule has 0 spiro atoms. The van der Waals surface area contributed by atoms with Crippen LogP contribution in [0.25, 0.3) is 12.2 Å². The van der Waals surface area contributed by atoms with Crippen molar-refractivity contribution in [3.05, 3.63) is 77.9 Å². The highest BCUT2D eigenvalue weighted by atomic mass is 16.2. The van der Waals surface area contributed by atoms with Crippen LogP contribution >= 0.6 is 0 Å². The van der Waals surface area contributed by atoms with Crippen LogP contribution in [0, 0.1) is 11.3 Å². The van der Waals surface area contributed by atoms with Crippen LogP contribution in [0.1, 0.15) is 11.1 Å². The van der Waals surface area contributed by atoms with Crippen LogP contribution in [-0.2, 0) is 4.79 Å². The Morgan fingerprint density at radius 2 is 1.82 bits per heavy atom. The number of nitrogens with zero attached hydrogens (tertiary/aromatic N) is 2. The van der Waals surface area contributed by atoms with Crippen molar-refractivity contribution >= 4 is 23.7 Å². The summed E-state index contributed by atoms with van der Waals surface area (Å²) in [5, 5.41) is 9.30. The molecule has 2 aromatic carbocycles. The van der Waals surface area contributed by atoms with Gasteiger partial charge >= 0.3 is 0 Å². The van der Waals surface area contributed by atoms with Gasteiger partial charge in [0.25, 0.3) is 5.91 Å². The molecule has 0 N–H and O–H groups in total. The molecule has 0 radical (unpaired) electrons. The van der Waals surface area contributed by atoms with Gasteiger partial charge < -0.3 is 0 Å². The fourth-order valence-corrected chi connectivity index (χ4v) is 2.45. The summed E-state index contributed by atoms with van der Waals surface area (Å²) in [6.07, 6.45) is 6.90. The molecule has 0 aliphatic carbocycles. The van der Waals surface area contributed by atoms with Crippen molar-refractivity contribution in [1.82, 2.24) is 0 Å². The first-order chi connectivity index (χ1) is 10.8. The smallest absolute Gasteiger partial charge is 0.252 e. The first-order valence-electron chi connectivity index (χ1n) is 7.03. The molecular weight excluding hydrogens is 272 g/mol. The Labute approximate surface area is 129 Å². The summed E-state index contributed by atoms with van der Waals surface area (Å²) < 4.78 is 0. The molecule has 2 aromatic rings. The molecule has 3 heteroatoms. The molecule has 0 saturated carbocycles. The molecular formula is C19H14N2O. The molecule has 3 rings (SSSR count). The highest BCUT2D eigenvalue weighted by Gasteiger charge is 2.26. The predicted molar refractivity (Wildman–Crippen MR) is 87.8 cm³/mol. The number of carbonyl (C=O) groups excluding carboxylic acids is 1. The van der Waals surface area contributed by atoms with Gasteiger partial charge in [-0.3, -0.25) is 9.69 Å². The minimum absolute atomic E-state index is 0.202. The number of rotatable bonds is 2.